The minimum absolute atomic E-state index is 0.0259. The van der Waals surface area contributed by atoms with Crippen molar-refractivity contribution in [2.75, 3.05) is 20.3 Å². The third-order valence-corrected chi connectivity index (χ3v) is 3.07. The smallest absolute Gasteiger partial charge is 0.262 e. The fourth-order valence-electron chi connectivity index (χ4n) is 1.01. The number of ether oxygens (including phenoxy) is 2. The van der Waals surface area contributed by atoms with Crippen molar-refractivity contribution in [1.29, 1.82) is 0 Å². The Morgan fingerprint density at radius 1 is 1.38 bits per heavy atom. The van der Waals surface area contributed by atoms with Gasteiger partial charge in [-0.2, -0.15) is 0 Å². The van der Waals surface area contributed by atoms with Gasteiger partial charge >= 0.3 is 0 Å². The highest BCUT2D eigenvalue weighted by atomic mass is 35.7. The number of halogens is 1. The number of nitrogens with zero attached hydrogens (tertiary/aromatic N) is 1. The maximum absolute atomic E-state index is 11.0. The monoisotopic (exact) mass is 265 g/mol. The van der Waals surface area contributed by atoms with Crippen LogP contribution >= 0.6 is 10.7 Å². The van der Waals surface area contributed by atoms with Crippen LogP contribution in [0.5, 0.6) is 0 Å². The average molecular weight is 266 g/mol. The van der Waals surface area contributed by atoms with Gasteiger partial charge in [0.25, 0.3) is 9.05 Å². The van der Waals surface area contributed by atoms with E-state index in [1.165, 1.54) is 18.5 Å². The largest absolute Gasteiger partial charge is 0.382 e. The lowest BCUT2D eigenvalue weighted by Crippen LogP contribution is -2.02. The molecule has 0 unspecified atom stereocenters. The summed E-state index contributed by atoms with van der Waals surface area (Å²) in [5.74, 6) is 0. The molecule has 1 heterocycles. The highest BCUT2D eigenvalue weighted by molar-refractivity contribution is 8.13. The van der Waals surface area contributed by atoms with Crippen LogP contribution in [0.15, 0.2) is 23.4 Å². The second-order valence-electron chi connectivity index (χ2n) is 3.01. The lowest BCUT2D eigenvalue weighted by atomic mass is 10.3. The van der Waals surface area contributed by atoms with Crippen molar-refractivity contribution in [1.82, 2.24) is 4.98 Å². The van der Waals surface area contributed by atoms with Crippen LogP contribution < -0.4 is 0 Å². The van der Waals surface area contributed by atoms with Crippen LogP contribution in [0.25, 0.3) is 0 Å². The van der Waals surface area contributed by atoms with Crippen LogP contribution in [0.4, 0.5) is 0 Å². The molecule has 1 aromatic rings. The van der Waals surface area contributed by atoms with Gasteiger partial charge in [-0.3, -0.25) is 4.98 Å². The molecular formula is C9H12ClNO4S. The molecule has 0 saturated carbocycles. The second kappa shape index (κ2) is 6.15. The topological polar surface area (TPSA) is 65.5 Å². The number of pyridine rings is 1. The van der Waals surface area contributed by atoms with Crippen molar-refractivity contribution in [2.45, 2.75) is 11.5 Å². The van der Waals surface area contributed by atoms with Gasteiger partial charge in [-0.05, 0) is 11.6 Å². The van der Waals surface area contributed by atoms with Crippen molar-refractivity contribution < 1.29 is 17.9 Å². The zero-order valence-corrected chi connectivity index (χ0v) is 10.3. The Morgan fingerprint density at radius 3 is 2.75 bits per heavy atom. The molecule has 0 saturated heterocycles. The molecule has 0 aliphatic heterocycles. The number of methoxy groups -OCH3 is 1. The third kappa shape index (κ3) is 4.44. The predicted octanol–water partition coefficient (Wildman–Crippen LogP) is 1.17. The number of aromatic nitrogens is 1. The molecule has 5 nitrogen and oxygen atoms in total. The summed E-state index contributed by atoms with van der Waals surface area (Å²) in [4.78, 5) is 3.75. The molecule has 0 radical (unpaired) electrons. The van der Waals surface area contributed by atoms with E-state index in [0.29, 0.717) is 18.8 Å². The quantitative estimate of drug-likeness (QED) is 0.571. The van der Waals surface area contributed by atoms with Crippen molar-refractivity contribution in [3.63, 3.8) is 0 Å². The third-order valence-electron chi connectivity index (χ3n) is 1.75. The van der Waals surface area contributed by atoms with Gasteiger partial charge in [-0.25, -0.2) is 8.42 Å². The summed E-state index contributed by atoms with van der Waals surface area (Å²) >= 11 is 0. The molecule has 0 N–H and O–H groups in total. The molecule has 0 aromatic carbocycles. The fourth-order valence-corrected chi connectivity index (χ4v) is 1.74. The Hall–Kier alpha value is -0.690. The van der Waals surface area contributed by atoms with E-state index in [1.54, 1.807) is 7.11 Å². The SMILES string of the molecule is COCCOCc1cncc(S(=O)(=O)Cl)c1. The number of rotatable bonds is 6. The summed E-state index contributed by atoms with van der Waals surface area (Å²) in [6.45, 7) is 1.20. The zero-order valence-electron chi connectivity index (χ0n) is 8.72. The molecule has 0 aliphatic carbocycles. The predicted molar refractivity (Wildman–Crippen MR) is 58.8 cm³/mol. The summed E-state index contributed by atoms with van der Waals surface area (Å²) in [5, 5.41) is 0. The molecule has 0 aliphatic rings. The summed E-state index contributed by atoms with van der Waals surface area (Å²) in [6.07, 6.45) is 2.72. The molecule has 0 fully saturated rings. The molecule has 1 aromatic heterocycles. The van der Waals surface area contributed by atoms with E-state index in [-0.39, 0.29) is 11.5 Å². The van der Waals surface area contributed by atoms with E-state index in [0.717, 1.165) is 0 Å². The van der Waals surface area contributed by atoms with Gasteiger partial charge < -0.3 is 9.47 Å². The molecule has 16 heavy (non-hydrogen) atoms. The van der Waals surface area contributed by atoms with Gasteiger partial charge in [0.05, 0.1) is 19.8 Å². The molecule has 0 bridgehead atoms. The van der Waals surface area contributed by atoms with Gasteiger partial charge in [-0.15, -0.1) is 0 Å². The first-order valence-electron chi connectivity index (χ1n) is 4.49. The first-order valence-corrected chi connectivity index (χ1v) is 6.80. The van der Waals surface area contributed by atoms with E-state index in [9.17, 15) is 8.42 Å². The van der Waals surface area contributed by atoms with Gasteiger partial charge in [0.15, 0.2) is 0 Å². The number of hydrogen-bond donors (Lipinski definition) is 0. The lowest BCUT2D eigenvalue weighted by molar-refractivity contribution is 0.0615. The first kappa shape index (κ1) is 13.4. The van der Waals surface area contributed by atoms with Crippen molar-refractivity contribution in [2.24, 2.45) is 0 Å². The van der Waals surface area contributed by atoms with E-state index < -0.39 is 9.05 Å². The Balaban J connectivity index is 2.62. The maximum atomic E-state index is 11.0. The normalized spacial score (nSPS) is 11.6. The van der Waals surface area contributed by atoms with Gasteiger partial charge in [0.1, 0.15) is 4.90 Å². The van der Waals surface area contributed by atoms with Crippen LogP contribution in [0.1, 0.15) is 5.56 Å². The Kier molecular flexibility index (Phi) is 5.14. The van der Waals surface area contributed by atoms with Crippen LogP contribution in [0, 0.1) is 0 Å². The Morgan fingerprint density at radius 2 is 2.12 bits per heavy atom. The zero-order chi connectivity index (χ0) is 12.0. The highest BCUT2D eigenvalue weighted by Gasteiger charge is 2.10. The average Bonchev–Trinajstić information content (AvgIpc) is 2.24. The van der Waals surface area contributed by atoms with E-state index in [4.69, 9.17) is 20.2 Å². The molecule has 0 spiro atoms. The van der Waals surface area contributed by atoms with Crippen LogP contribution in [0.2, 0.25) is 0 Å². The van der Waals surface area contributed by atoms with Crippen molar-refractivity contribution >= 4 is 19.7 Å². The van der Waals surface area contributed by atoms with Crippen LogP contribution in [-0.2, 0) is 25.1 Å². The summed E-state index contributed by atoms with van der Waals surface area (Å²) in [6, 6.07) is 1.43. The minimum Gasteiger partial charge on any atom is -0.382 e. The minimum atomic E-state index is -3.73. The Labute approximate surface area is 98.8 Å². The van der Waals surface area contributed by atoms with Crippen molar-refractivity contribution in [3.05, 3.63) is 24.0 Å². The molecule has 1 rings (SSSR count). The van der Waals surface area contributed by atoms with Gasteiger partial charge in [0.2, 0.25) is 0 Å². The summed E-state index contributed by atoms with van der Waals surface area (Å²) < 4.78 is 32.1. The summed E-state index contributed by atoms with van der Waals surface area (Å²) in [5.41, 5.74) is 0.651. The van der Waals surface area contributed by atoms with Crippen molar-refractivity contribution in [3.8, 4) is 0 Å². The first-order chi connectivity index (χ1) is 7.54. The van der Waals surface area contributed by atoms with Crippen LogP contribution in [-0.4, -0.2) is 33.7 Å². The van der Waals surface area contributed by atoms with Gasteiger partial charge in [-0.1, -0.05) is 0 Å². The highest BCUT2D eigenvalue weighted by Crippen LogP contribution is 2.14. The Bertz CT molecular complexity index is 435. The summed E-state index contributed by atoms with van der Waals surface area (Å²) in [7, 11) is 3.03. The molecular weight excluding hydrogens is 254 g/mol. The molecule has 0 amide bonds. The maximum Gasteiger partial charge on any atom is 0.262 e. The second-order valence-corrected chi connectivity index (χ2v) is 5.58. The molecule has 7 heteroatoms. The molecule has 0 atom stereocenters. The molecule has 90 valence electrons. The standard InChI is InChI=1S/C9H12ClNO4S/c1-14-2-3-15-7-8-4-9(6-11-5-8)16(10,12)13/h4-6H,2-3,7H2,1H3. The lowest BCUT2D eigenvalue weighted by Gasteiger charge is -2.04. The van der Waals surface area contributed by atoms with Gasteiger partial charge in [0, 0.05) is 30.2 Å². The number of hydrogen-bond acceptors (Lipinski definition) is 5. The van der Waals surface area contributed by atoms with E-state index >= 15 is 0 Å². The van der Waals surface area contributed by atoms with E-state index in [1.807, 2.05) is 0 Å². The fraction of sp³-hybridized carbons (Fsp3) is 0.444. The van der Waals surface area contributed by atoms with Crippen LogP contribution in [0.3, 0.4) is 0 Å². The van der Waals surface area contributed by atoms with E-state index in [2.05, 4.69) is 4.98 Å².